The maximum atomic E-state index is 12.9. The van der Waals surface area contributed by atoms with E-state index >= 15 is 0 Å². The van der Waals surface area contributed by atoms with Gasteiger partial charge < -0.3 is 18.9 Å². The van der Waals surface area contributed by atoms with Gasteiger partial charge in [-0.3, -0.25) is 0 Å². The minimum Gasteiger partial charge on any atom is -0.497 e. The van der Waals surface area contributed by atoms with Crippen molar-refractivity contribution in [3.63, 3.8) is 0 Å². The van der Waals surface area contributed by atoms with E-state index in [1.165, 1.54) is 0 Å². The van der Waals surface area contributed by atoms with Gasteiger partial charge in [-0.1, -0.05) is 30.3 Å². The molecule has 5 heteroatoms. The van der Waals surface area contributed by atoms with Crippen molar-refractivity contribution in [2.75, 3.05) is 13.7 Å². The van der Waals surface area contributed by atoms with E-state index in [9.17, 15) is 4.79 Å². The highest BCUT2D eigenvalue weighted by Crippen LogP contribution is 2.47. The van der Waals surface area contributed by atoms with Crippen LogP contribution in [0.15, 0.2) is 54.6 Å². The van der Waals surface area contributed by atoms with Crippen molar-refractivity contribution in [2.24, 2.45) is 0 Å². The summed E-state index contributed by atoms with van der Waals surface area (Å²) in [5.41, 5.74) is 1.85. The molecular weight excluding hydrogens is 344 g/mol. The Morgan fingerprint density at radius 3 is 2.44 bits per heavy atom. The maximum absolute atomic E-state index is 12.9. The molecule has 1 unspecified atom stereocenters. The third kappa shape index (κ3) is 2.43. The topological polar surface area (TPSA) is 54.0 Å². The third-order valence-electron chi connectivity index (χ3n) is 4.80. The fraction of sp³-hybridized carbons (Fsp3) is 0.136. The first-order chi connectivity index (χ1) is 13.3. The molecule has 3 aromatic rings. The molecule has 0 saturated heterocycles. The second kappa shape index (κ2) is 6.06. The number of carbonyl (C=O) groups is 1. The summed E-state index contributed by atoms with van der Waals surface area (Å²) in [5, 5.41) is 1.75. The molecule has 2 heterocycles. The SMILES string of the molecule is COc1ccc(C2OC(=O)c3c4c(c5ccccc5c3O2)OCC=C4)cc1. The molecule has 0 N–H and O–H groups in total. The van der Waals surface area contributed by atoms with Crippen LogP contribution in [0.25, 0.3) is 16.8 Å². The van der Waals surface area contributed by atoms with Gasteiger partial charge in [-0.2, -0.15) is 0 Å². The first kappa shape index (κ1) is 15.8. The van der Waals surface area contributed by atoms with Gasteiger partial charge in [-0.05, 0) is 30.3 Å². The summed E-state index contributed by atoms with van der Waals surface area (Å²) in [7, 11) is 1.60. The van der Waals surface area contributed by atoms with Crippen LogP contribution in [-0.4, -0.2) is 19.7 Å². The number of ether oxygens (including phenoxy) is 4. The highest BCUT2D eigenvalue weighted by molar-refractivity contribution is 6.09. The molecule has 3 aromatic carbocycles. The summed E-state index contributed by atoms with van der Waals surface area (Å²) in [6, 6.07) is 15.0. The van der Waals surface area contributed by atoms with Crippen molar-refractivity contribution in [2.45, 2.75) is 6.29 Å². The van der Waals surface area contributed by atoms with E-state index in [1.807, 2.05) is 60.7 Å². The number of hydrogen-bond donors (Lipinski definition) is 0. The van der Waals surface area contributed by atoms with Crippen LogP contribution in [0.5, 0.6) is 17.2 Å². The third-order valence-corrected chi connectivity index (χ3v) is 4.80. The van der Waals surface area contributed by atoms with Gasteiger partial charge in [0.05, 0.1) is 7.11 Å². The number of benzene rings is 3. The Labute approximate surface area is 155 Å². The molecule has 5 nitrogen and oxygen atoms in total. The van der Waals surface area contributed by atoms with Gasteiger partial charge in [-0.25, -0.2) is 4.79 Å². The Kier molecular flexibility index (Phi) is 3.53. The molecule has 5 rings (SSSR count). The second-order valence-electron chi connectivity index (χ2n) is 6.33. The number of carbonyl (C=O) groups excluding carboxylic acids is 1. The molecule has 2 aliphatic heterocycles. The normalized spacial score (nSPS) is 17.4. The molecule has 0 amide bonds. The maximum Gasteiger partial charge on any atom is 0.346 e. The van der Waals surface area contributed by atoms with E-state index in [0.29, 0.717) is 29.2 Å². The van der Waals surface area contributed by atoms with Gasteiger partial charge in [-0.15, -0.1) is 0 Å². The van der Waals surface area contributed by atoms with E-state index in [-0.39, 0.29) is 0 Å². The lowest BCUT2D eigenvalue weighted by Crippen LogP contribution is -2.25. The fourth-order valence-corrected chi connectivity index (χ4v) is 3.52. The largest absolute Gasteiger partial charge is 0.497 e. The Hall–Kier alpha value is -3.47. The molecular formula is C22H16O5. The van der Waals surface area contributed by atoms with Gasteiger partial charge in [0, 0.05) is 21.9 Å². The quantitative estimate of drug-likeness (QED) is 0.630. The number of cyclic esters (lactones) is 1. The van der Waals surface area contributed by atoms with Gasteiger partial charge in [0.15, 0.2) is 0 Å². The zero-order valence-electron chi connectivity index (χ0n) is 14.6. The lowest BCUT2D eigenvalue weighted by Gasteiger charge is -2.29. The van der Waals surface area contributed by atoms with Crippen LogP contribution in [0.3, 0.4) is 0 Å². The predicted molar refractivity (Wildman–Crippen MR) is 100 cm³/mol. The second-order valence-corrected chi connectivity index (χ2v) is 6.33. The summed E-state index contributed by atoms with van der Waals surface area (Å²) in [6.07, 6.45) is 2.95. The van der Waals surface area contributed by atoms with Crippen molar-refractivity contribution in [1.82, 2.24) is 0 Å². The van der Waals surface area contributed by atoms with Crippen LogP contribution in [0.2, 0.25) is 0 Å². The average molecular weight is 360 g/mol. The van der Waals surface area contributed by atoms with Crippen LogP contribution >= 0.6 is 0 Å². The average Bonchev–Trinajstić information content (AvgIpc) is 2.73. The highest BCUT2D eigenvalue weighted by Gasteiger charge is 2.35. The number of esters is 1. The van der Waals surface area contributed by atoms with Gasteiger partial charge in [0.25, 0.3) is 6.29 Å². The molecule has 134 valence electrons. The van der Waals surface area contributed by atoms with Crippen LogP contribution in [0, 0.1) is 0 Å². The Bertz CT molecular complexity index is 1080. The first-order valence-electron chi connectivity index (χ1n) is 8.66. The molecule has 27 heavy (non-hydrogen) atoms. The number of methoxy groups -OCH3 is 1. The molecule has 1 atom stereocenters. The summed E-state index contributed by atoms with van der Waals surface area (Å²) < 4.78 is 22.8. The van der Waals surface area contributed by atoms with Crippen molar-refractivity contribution < 1.29 is 23.7 Å². The van der Waals surface area contributed by atoms with Gasteiger partial charge >= 0.3 is 5.97 Å². The monoisotopic (exact) mass is 360 g/mol. The van der Waals surface area contributed by atoms with Crippen molar-refractivity contribution >= 4 is 22.8 Å². The predicted octanol–water partition coefficient (Wildman–Crippen LogP) is 4.50. The van der Waals surface area contributed by atoms with Crippen LogP contribution < -0.4 is 14.2 Å². The molecule has 0 saturated carbocycles. The summed E-state index contributed by atoms with van der Waals surface area (Å²) in [6.45, 7) is 0.472. The first-order valence-corrected chi connectivity index (χ1v) is 8.66. The van der Waals surface area contributed by atoms with E-state index in [1.54, 1.807) is 7.11 Å². The molecule has 0 spiro atoms. The molecule has 0 fully saturated rings. The molecule has 0 aromatic heterocycles. The fourth-order valence-electron chi connectivity index (χ4n) is 3.52. The Balaban J connectivity index is 1.68. The lowest BCUT2D eigenvalue weighted by atomic mass is 9.95. The molecule has 2 aliphatic rings. The zero-order valence-corrected chi connectivity index (χ0v) is 14.6. The van der Waals surface area contributed by atoms with E-state index in [4.69, 9.17) is 18.9 Å². The number of hydrogen-bond acceptors (Lipinski definition) is 5. The summed E-state index contributed by atoms with van der Waals surface area (Å²) in [5.74, 6) is 1.52. The zero-order chi connectivity index (χ0) is 18.4. The van der Waals surface area contributed by atoms with E-state index in [2.05, 4.69) is 0 Å². The van der Waals surface area contributed by atoms with E-state index < -0.39 is 12.3 Å². The highest BCUT2D eigenvalue weighted by atomic mass is 16.7. The summed E-state index contributed by atoms with van der Waals surface area (Å²) in [4.78, 5) is 12.9. The minimum atomic E-state index is -0.814. The number of fused-ring (bicyclic) bond motifs is 6. The van der Waals surface area contributed by atoms with Gasteiger partial charge in [0.2, 0.25) is 0 Å². The molecule has 0 radical (unpaired) electrons. The summed E-state index contributed by atoms with van der Waals surface area (Å²) >= 11 is 0. The van der Waals surface area contributed by atoms with Crippen molar-refractivity contribution in [3.8, 4) is 17.2 Å². The smallest absolute Gasteiger partial charge is 0.346 e. The van der Waals surface area contributed by atoms with Crippen LogP contribution in [0.1, 0.15) is 27.8 Å². The number of rotatable bonds is 2. The van der Waals surface area contributed by atoms with E-state index in [0.717, 1.165) is 22.1 Å². The lowest BCUT2D eigenvalue weighted by molar-refractivity contribution is -0.0616. The molecule has 0 bridgehead atoms. The Morgan fingerprint density at radius 1 is 0.963 bits per heavy atom. The van der Waals surface area contributed by atoms with Crippen LogP contribution in [-0.2, 0) is 4.74 Å². The minimum absolute atomic E-state index is 0.407. The van der Waals surface area contributed by atoms with Gasteiger partial charge in [0.1, 0.15) is 29.4 Å². The van der Waals surface area contributed by atoms with Crippen molar-refractivity contribution in [1.29, 1.82) is 0 Å². The van der Waals surface area contributed by atoms with Crippen molar-refractivity contribution in [3.05, 3.63) is 71.3 Å². The Morgan fingerprint density at radius 2 is 1.70 bits per heavy atom. The standard InChI is InChI=1S/C22H16O5/c1-24-14-10-8-13(9-11-14)22-26-20-16-6-3-2-5-15(16)19-17(7-4-12-25-19)18(20)21(23)27-22/h2-11,22H,12H2,1H3. The van der Waals surface area contributed by atoms with Crippen LogP contribution in [0.4, 0.5) is 0 Å². The molecule has 0 aliphatic carbocycles.